The maximum Gasteiger partial charge on any atom is 0.343 e. The first-order valence-corrected chi connectivity index (χ1v) is 7.12. The van der Waals surface area contributed by atoms with Crippen molar-refractivity contribution in [2.75, 3.05) is 7.11 Å². The molecule has 24 heavy (non-hydrogen) atoms. The van der Waals surface area contributed by atoms with E-state index in [0.717, 1.165) is 16.8 Å². The highest BCUT2D eigenvalue weighted by atomic mass is 16.6. The van der Waals surface area contributed by atoms with E-state index in [2.05, 4.69) is 0 Å². The van der Waals surface area contributed by atoms with Crippen LogP contribution < -0.4 is 9.47 Å². The number of nitrogens with zero attached hydrogens (tertiary/aromatic N) is 1. The molecule has 0 spiro atoms. The lowest BCUT2D eigenvalue weighted by atomic mass is 10.1. The van der Waals surface area contributed by atoms with Gasteiger partial charge in [-0.25, -0.2) is 4.79 Å². The van der Waals surface area contributed by atoms with Gasteiger partial charge in [-0.1, -0.05) is 36.4 Å². The molecule has 3 rings (SSSR count). The molecule has 0 aliphatic rings. The summed E-state index contributed by atoms with van der Waals surface area (Å²) in [5.74, 6) is -0.185. The van der Waals surface area contributed by atoms with Crippen molar-refractivity contribution in [3.63, 3.8) is 0 Å². The smallest absolute Gasteiger partial charge is 0.343 e. The molecule has 3 aromatic carbocycles. The Morgan fingerprint density at radius 1 is 1.00 bits per heavy atom. The summed E-state index contributed by atoms with van der Waals surface area (Å²) in [5, 5.41) is 12.8. The van der Waals surface area contributed by atoms with Gasteiger partial charge in [0.1, 0.15) is 5.75 Å². The Hall–Kier alpha value is -3.41. The van der Waals surface area contributed by atoms with Crippen LogP contribution in [0, 0.1) is 10.1 Å². The fraction of sp³-hybridized carbons (Fsp3) is 0.0556. The third kappa shape index (κ3) is 2.89. The summed E-state index contributed by atoms with van der Waals surface area (Å²) in [5.41, 5.74) is -0.208. The van der Waals surface area contributed by atoms with Crippen LogP contribution in [0.4, 0.5) is 5.69 Å². The number of methoxy groups -OCH3 is 1. The molecule has 0 amide bonds. The molecular weight excluding hydrogens is 310 g/mol. The Morgan fingerprint density at radius 3 is 2.50 bits per heavy atom. The minimum atomic E-state index is -0.669. The normalized spacial score (nSPS) is 10.4. The largest absolute Gasteiger partial charge is 0.490 e. The van der Waals surface area contributed by atoms with Gasteiger partial charge in [0.05, 0.1) is 17.6 Å². The van der Waals surface area contributed by atoms with Gasteiger partial charge in [0.25, 0.3) is 0 Å². The van der Waals surface area contributed by atoms with Crippen LogP contribution in [-0.2, 0) is 0 Å². The van der Waals surface area contributed by atoms with E-state index in [1.54, 1.807) is 12.1 Å². The summed E-state index contributed by atoms with van der Waals surface area (Å²) >= 11 is 0. The number of carbonyl (C=O) groups excluding carboxylic acids is 1. The fourth-order valence-electron chi connectivity index (χ4n) is 2.40. The van der Waals surface area contributed by atoms with E-state index >= 15 is 0 Å². The second-order valence-corrected chi connectivity index (χ2v) is 5.01. The zero-order valence-corrected chi connectivity index (χ0v) is 12.8. The fourth-order valence-corrected chi connectivity index (χ4v) is 2.40. The van der Waals surface area contributed by atoms with Crippen LogP contribution in [0.2, 0.25) is 0 Å². The standard InChI is InChI=1S/C18H13NO5/c1-23-17-10-9-13(11-15(17)19(21)22)18(20)24-16-8-4-6-12-5-2-3-7-14(12)16/h2-11H,1H3. The number of hydrogen-bond donors (Lipinski definition) is 0. The Morgan fingerprint density at radius 2 is 1.75 bits per heavy atom. The topological polar surface area (TPSA) is 78.7 Å². The van der Waals surface area contributed by atoms with Crippen LogP contribution in [0.15, 0.2) is 60.7 Å². The number of rotatable bonds is 4. The van der Waals surface area contributed by atoms with E-state index in [0.29, 0.717) is 5.75 Å². The lowest BCUT2D eigenvalue weighted by molar-refractivity contribution is -0.385. The van der Waals surface area contributed by atoms with Crippen molar-refractivity contribution in [2.24, 2.45) is 0 Å². The van der Waals surface area contributed by atoms with Crippen LogP contribution in [-0.4, -0.2) is 18.0 Å². The average Bonchev–Trinajstić information content (AvgIpc) is 2.61. The summed E-state index contributed by atoms with van der Waals surface area (Å²) in [6.45, 7) is 0. The van der Waals surface area contributed by atoms with Gasteiger partial charge in [-0.15, -0.1) is 0 Å². The molecule has 0 radical (unpaired) electrons. The van der Waals surface area contributed by atoms with Crippen LogP contribution in [0.5, 0.6) is 11.5 Å². The van der Waals surface area contributed by atoms with Gasteiger partial charge >= 0.3 is 11.7 Å². The average molecular weight is 323 g/mol. The van der Waals surface area contributed by atoms with Crippen molar-refractivity contribution in [3.8, 4) is 11.5 Å². The zero-order chi connectivity index (χ0) is 17.1. The zero-order valence-electron chi connectivity index (χ0n) is 12.8. The molecule has 0 aliphatic carbocycles. The van der Waals surface area contributed by atoms with E-state index in [4.69, 9.17) is 9.47 Å². The van der Waals surface area contributed by atoms with Gasteiger partial charge in [-0.05, 0) is 23.6 Å². The predicted octanol–water partition coefficient (Wildman–Crippen LogP) is 3.98. The SMILES string of the molecule is COc1ccc(C(=O)Oc2cccc3ccccc23)cc1[N+](=O)[O-]. The molecule has 0 unspecified atom stereocenters. The second-order valence-electron chi connectivity index (χ2n) is 5.01. The number of hydrogen-bond acceptors (Lipinski definition) is 5. The first-order chi connectivity index (χ1) is 11.6. The third-order valence-electron chi connectivity index (χ3n) is 3.56. The maximum absolute atomic E-state index is 12.3. The van der Waals surface area contributed by atoms with Crippen LogP contribution >= 0.6 is 0 Å². The van der Waals surface area contributed by atoms with Crippen molar-refractivity contribution >= 4 is 22.4 Å². The van der Waals surface area contributed by atoms with Gasteiger partial charge in [-0.2, -0.15) is 0 Å². The monoisotopic (exact) mass is 323 g/mol. The number of nitro benzene ring substituents is 1. The van der Waals surface area contributed by atoms with Crippen molar-refractivity contribution < 1.29 is 19.2 Å². The molecular formula is C18H13NO5. The quantitative estimate of drug-likeness (QED) is 0.314. The Bertz CT molecular complexity index is 930. The Labute approximate surface area is 137 Å². The molecule has 0 saturated heterocycles. The lowest BCUT2D eigenvalue weighted by Gasteiger charge is -2.08. The third-order valence-corrected chi connectivity index (χ3v) is 3.56. The van der Waals surface area contributed by atoms with Crippen molar-refractivity contribution in [3.05, 3.63) is 76.3 Å². The first kappa shape index (κ1) is 15.5. The Kier molecular flexibility index (Phi) is 4.11. The molecule has 0 saturated carbocycles. The molecule has 6 nitrogen and oxygen atoms in total. The summed E-state index contributed by atoms with van der Waals surface area (Å²) in [4.78, 5) is 22.8. The molecule has 0 aliphatic heterocycles. The summed E-state index contributed by atoms with van der Waals surface area (Å²) < 4.78 is 10.3. The van der Waals surface area contributed by atoms with Crippen molar-refractivity contribution in [1.82, 2.24) is 0 Å². The molecule has 0 aromatic heterocycles. The molecule has 0 N–H and O–H groups in total. The minimum absolute atomic E-state index is 0.0791. The van der Waals surface area contributed by atoms with Gasteiger partial charge < -0.3 is 9.47 Å². The molecule has 0 fully saturated rings. The number of esters is 1. The minimum Gasteiger partial charge on any atom is -0.490 e. The van der Waals surface area contributed by atoms with Gasteiger partial charge in [0.2, 0.25) is 0 Å². The highest BCUT2D eigenvalue weighted by molar-refractivity contribution is 5.96. The number of carbonyl (C=O) groups is 1. The second kappa shape index (κ2) is 6.37. The maximum atomic E-state index is 12.3. The molecule has 0 bridgehead atoms. The molecule has 6 heteroatoms. The summed E-state index contributed by atoms with van der Waals surface area (Å²) in [6.07, 6.45) is 0. The van der Waals surface area contributed by atoms with Gasteiger partial charge in [0.15, 0.2) is 5.75 Å². The van der Waals surface area contributed by atoms with Crippen LogP contribution in [0.1, 0.15) is 10.4 Å². The molecule has 0 heterocycles. The van der Waals surface area contributed by atoms with E-state index in [1.807, 2.05) is 30.3 Å². The number of ether oxygens (including phenoxy) is 2. The molecule has 120 valence electrons. The first-order valence-electron chi connectivity index (χ1n) is 7.12. The van der Waals surface area contributed by atoms with Gasteiger partial charge in [-0.3, -0.25) is 10.1 Å². The molecule has 0 atom stereocenters. The molecule has 3 aromatic rings. The van der Waals surface area contributed by atoms with Crippen LogP contribution in [0.25, 0.3) is 10.8 Å². The van der Waals surface area contributed by atoms with E-state index in [-0.39, 0.29) is 17.0 Å². The highest BCUT2D eigenvalue weighted by Gasteiger charge is 2.19. The highest BCUT2D eigenvalue weighted by Crippen LogP contribution is 2.29. The number of fused-ring (bicyclic) bond motifs is 1. The number of nitro groups is 1. The van der Waals surface area contributed by atoms with E-state index in [1.165, 1.54) is 19.2 Å². The lowest BCUT2D eigenvalue weighted by Crippen LogP contribution is -2.09. The van der Waals surface area contributed by atoms with E-state index < -0.39 is 10.9 Å². The number of benzene rings is 3. The van der Waals surface area contributed by atoms with Gasteiger partial charge in [0, 0.05) is 11.5 Å². The van der Waals surface area contributed by atoms with Crippen molar-refractivity contribution in [2.45, 2.75) is 0 Å². The van der Waals surface area contributed by atoms with E-state index in [9.17, 15) is 14.9 Å². The Balaban J connectivity index is 1.95. The van der Waals surface area contributed by atoms with Crippen molar-refractivity contribution in [1.29, 1.82) is 0 Å². The summed E-state index contributed by atoms with van der Waals surface area (Å²) in [6, 6.07) is 16.8. The summed E-state index contributed by atoms with van der Waals surface area (Å²) in [7, 11) is 1.33. The predicted molar refractivity (Wildman–Crippen MR) is 88.6 cm³/mol. The van der Waals surface area contributed by atoms with Crippen LogP contribution in [0.3, 0.4) is 0 Å².